The number of nitrogens with zero attached hydrogens (tertiary/aromatic N) is 7. The van der Waals surface area contributed by atoms with Crippen molar-refractivity contribution in [3.8, 4) is 0 Å². The molecule has 2 aromatic rings. The zero-order valence-electron chi connectivity index (χ0n) is 22.1. The second-order valence-corrected chi connectivity index (χ2v) is 12.0. The number of nitrogens with one attached hydrogen (secondary N) is 2. The first kappa shape index (κ1) is 25.2. The van der Waals surface area contributed by atoms with Crippen molar-refractivity contribution >= 4 is 34.3 Å². The number of hydrogen-bond acceptors (Lipinski definition) is 10. The first-order chi connectivity index (χ1) is 18.4. The third kappa shape index (κ3) is 4.89. The second-order valence-electron chi connectivity index (χ2n) is 10.5. The standard InChI is InChI=1S/C25H35N9O3S/c1-15(18-12-32(3)31-16(18)2)26-24(35)20-13-33-7-8-34(14-21(33)28-20)25-29-19-6-11-38(36)22(19)23(30-25)27-17-4-9-37-10-5-17/h12,15,17,20H,4-11,13-14H2,1-3H3,(H,26,35)(H,27,29,30). The molecular formula is C25H35N9O3S. The molecule has 0 aromatic carbocycles. The van der Waals surface area contributed by atoms with Crippen LogP contribution in [0.5, 0.6) is 0 Å². The molecular weight excluding hydrogens is 506 g/mol. The maximum atomic E-state index is 13.1. The predicted molar refractivity (Wildman–Crippen MR) is 144 cm³/mol. The van der Waals surface area contributed by atoms with Gasteiger partial charge in [0.1, 0.15) is 22.6 Å². The van der Waals surface area contributed by atoms with E-state index in [1.807, 2.05) is 27.1 Å². The molecule has 0 bridgehead atoms. The van der Waals surface area contributed by atoms with E-state index in [2.05, 4.69) is 25.5 Å². The number of amidine groups is 1. The smallest absolute Gasteiger partial charge is 0.247 e. The summed E-state index contributed by atoms with van der Waals surface area (Å²) in [6.45, 7) is 7.96. The molecule has 0 radical (unpaired) electrons. The molecule has 12 nitrogen and oxygen atoms in total. The number of rotatable bonds is 6. The van der Waals surface area contributed by atoms with Crippen molar-refractivity contribution in [3.05, 3.63) is 23.1 Å². The Morgan fingerprint density at radius 3 is 2.76 bits per heavy atom. The first-order valence-corrected chi connectivity index (χ1v) is 14.7. The van der Waals surface area contributed by atoms with Crippen molar-refractivity contribution in [1.29, 1.82) is 0 Å². The lowest BCUT2D eigenvalue weighted by Crippen LogP contribution is -2.50. The Labute approximate surface area is 224 Å². The Kier molecular flexibility index (Phi) is 6.81. The summed E-state index contributed by atoms with van der Waals surface area (Å²) in [5.74, 6) is 2.72. The van der Waals surface area contributed by atoms with E-state index >= 15 is 0 Å². The molecule has 13 heteroatoms. The molecule has 0 aliphatic carbocycles. The van der Waals surface area contributed by atoms with Crippen molar-refractivity contribution in [3.63, 3.8) is 0 Å². The quantitative estimate of drug-likeness (QED) is 0.539. The van der Waals surface area contributed by atoms with E-state index in [1.54, 1.807) is 4.68 Å². The molecule has 2 saturated heterocycles. The molecule has 4 aliphatic heterocycles. The lowest BCUT2D eigenvalue weighted by Gasteiger charge is -2.34. The Balaban J connectivity index is 1.17. The minimum absolute atomic E-state index is 0.0755. The van der Waals surface area contributed by atoms with Crippen LogP contribution in [-0.2, 0) is 33.8 Å². The largest absolute Gasteiger partial charge is 0.381 e. The molecule has 3 atom stereocenters. The second kappa shape index (κ2) is 10.3. The van der Waals surface area contributed by atoms with Gasteiger partial charge < -0.3 is 25.2 Å². The van der Waals surface area contributed by atoms with Crippen LogP contribution < -0.4 is 15.5 Å². The molecule has 0 spiro atoms. The van der Waals surface area contributed by atoms with Crippen molar-refractivity contribution in [2.24, 2.45) is 12.0 Å². The lowest BCUT2D eigenvalue weighted by molar-refractivity contribution is -0.122. The molecule has 204 valence electrons. The van der Waals surface area contributed by atoms with Gasteiger partial charge in [0.15, 0.2) is 0 Å². The van der Waals surface area contributed by atoms with Gasteiger partial charge in [-0.2, -0.15) is 10.1 Å². The Hall–Kier alpha value is -3.06. The van der Waals surface area contributed by atoms with Gasteiger partial charge in [-0.1, -0.05) is 0 Å². The van der Waals surface area contributed by atoms with E-state index in [0.29, 0.717) is 37.0 Å². The van der Waals surface area contributed by atoms with E-state index in [4.69, 9.17) is 19.7 Å². The molecule has 6 heterocycles. The summed E-state index contributed by atoms with van der Waals surface area (Å²) in [5.41, 5.74) is 2.79. The van der Waals surface area contributed by atoms with Gasteiger partial charge in [-0.05, 0) is 26.7 Å². The molecule has 0 saturated carbocycles. The molecule has 2 fully saturated rings. The zero-order valence-corrected chi connectivity index (χ0v) is 23.0. The van der Waals surface area contributed by atoms with E-state index in [1.165, 1.54) is 0 Å². The summed E-state index contributed by atoms with van der Waals surface area (Å²) >= 11 is 0. The number of aromatic nitrogens is 4. The molecule has 2 N–H and O–H groups in total. The minimum Gasteiger partial charge on any atom is -0.381 e. The number of carbonyl (C=O) groups excluding carboxylic acids is 1. The lowest BCUT2D eigenvalue weighted by atomic mass is 10.1. The van der Waals surface area contributed by atoms with Gasteiger partial charge in [0.05, 0.1) is 41.3 Å². The fraction of sp³-hybridized carbons (Fsp3) is 0.640. The summed E-state index contributed by atoms with van der Waals surface area (Å²) in [5, 5.41) is 11.0. The van der Waals surface area contributed by atoms with Crippen LogP contribution in [0.15, 0.2) is 16.1 Å². The van der Waals surface area contributed by atoms with E-state index < -0.39 is 16.8 Å². The number of hydrogen-bond donors (Lipinski definition) is 2. The van der Waals surface area contributed by atoms with Gasteiger partial charge in [0.25, 0.3) is 0 Å². The normalized spacial score (nSPS) is 24.1. The highest BCUT2D eigenvalue weighted by atomic mass is 32.2. The van der Waals surface area contributed by atoms with E-state index in [0.717, 1.165) is 66.8 Å². The Morgan fingerprint density at radius 2 is 2.00 bits per heavy atom. The maximum absolute atomic E-state index is 13.1. The Bertz CT molecular complexity index is 1290. The average Bonchev–Trinajstić information content (AvgIpc) is 3.60. The highest BCUT2D eigenvalue weighted by Crippen LogP contribution is 2.32. The monoisotopic (exact) mass is 541 g/mol. The van der Waals surface area contributed by atoms with Crippen LogP contribution in [0.1, 0.15) is 42.8 Å². The number of anilines is 2. The third-order valence-electron chi connectivity index (χ3n) is 7.74. The van der Waals surface area contributed by atoms with Gasteiger partial charge in [0, 0.05) is 63.3 Å². The van der Waals surface area contributed by atoms with Crippen LogP contribution in [0.25, 0.3) is 0 Å². The van der Waals surface area contributed by atoms with Crippen LogP contribution >= 0.6 is 0 Å². The number of aliphatic imine (C=N–C) groups is 1. The number of amides is 1. The van der Waals surface area contributed by atoms with Crippen molar-refractivity contribution in [2.75, 3.05) is 55.4 Å². The molecule has 3 unspecified atom stereocenters. The molecule has 6 rings (SSSR count). The SMILES string of the molecule is Cc1nn(C)cc1C(C)NC(=O)C1CN2CCN(c3nc4c(c(NC5CCOCC5)n3)S(=O)CC4)CC2=N1. The summed E-state index contributed by atoms with van der Waals surface area (Å²) in [6, 6.07) is -0.336. The summed E-state index contributed by atoms with van der Waals surface area (Å²) < 4.78 is 20.0. The van der Waals surface area contributed by atoms with E-state index in [-0.39, 0.29) is 18.0 Å². The number of carbonyl (C=O) groups is 1. The number of fused-ring (bicyclic) bond motifs is 2. The third-order valence-corrected chi connectivity index (χ3v) is 9.19. The summed E-state index contributed by atoms with van der Waals surface area (Å²) in [4.78, 5) is 32.6. The topological polar surface area (TPSA) is 130 Å². The van der Waals surface area contributed by atoms with Gasteiger partial charge in [-0.15, -0.1) is 0 Å². The molecule has 38 heavy (non-hydrogen) atoms. The van der Waals surface area contributed by atoms with Crippen LogP contribution in [-0.4, -0.2) is 97.8 Å². The Morgan fingerprint density at radius 1 is 1.21 bits per heavy atom. The maximum Gasteiger partial charge on any atom is 0.247 e. The predicted octanol–water partition coefficient (Wildman–Crippen LogP) is 0.553. The highest BCUT2D eigenvalue weighted by molar-refractivity contribution is 7.85. The fourth-order valence-corrected chi connectivity index (χ4v) is 6.98. The fourth-order valence-electron chi connectivity index (χ4n) is 5.67. The summed E-state index contributed by atoms with van der Waals surface area (Å²) in [6.07, 6.45) is 4.44. The zero-order chi connectivity index (χ0) is 26.4. The van der Waals surface area contributed by atoms with Gasteiger partial charge in [-0.25, -0.2) is 4.98 Å². The number of piperazine rings is 1. The average molecular weight is 542 g/mol. The van der Waals surface area contributed by atoms with Crippen molar-refractivity contribution < 1.29 is 13.7 Å². The van der Waals surface area contributed by atoms with Crippen molar-refractivity contribution in [2.45, 2.75) is 56.1 Å². The van der Waals surface area contributed by atoms with Crippen molar-refractivity contribution in [1.82, 2.24) is 30.0 Å². The van der Waals surface area contributed by atoms with Crippen LogP contribution in [0.4, 0.5) is 11.8 Å². The van der Waals surface area contributed by atoms with Crippen LogP contribution in [0.3, 0.4) is 0 Å². The molecule has 4 aliphatic rings. The highest BCUT2D eigenvalue weighted by Gasteiger charge is 2.36. The van der Waals surface area contributed by atoms with Gasteiger partial charge in [-0.3, -0.25) is 18.7 Å². The van der Waals surface area contributed by atoms with Gasteiger partial charge in [0.2, 0.25) is 11.9 Å². The van der Waals surface area contributed by atoms with Gasteiger partial charge >= 0.3 is 0 Å². The minimum atomic E-state index is -1.08. The van der Waals surface area contributed by atoms with Crippen LogP contribution in [0, 0.1) is 6.92 Å². The number of aryl methyl sites for hydroxylation is 3. The summed E-state index contributed by atoms with van der Waals surface area (Å²) in [7, 11) is 0.801. The molecule has 1 amide bonds. The van der Waals surface area contributed by atoms with E-state index in [9.17, 15) is 9.00 Å². The number of ether oxygens (including phenoxy) is 1. The molecule has 2 aromatic heterocycles. The first-order valence-electron chi connectivity index (χ1n) is 13.4. The van der Waals surface area contributed by atoms with Crippen LogP contribution in [0.2, 0.25) is 0 Å².